The molecule has 0 spiro atoms. The van der Waals surface area contributed by atoms with E-state index in [1.54, 1.807) is 0 Å². The van der Waals surface area contributed by atoms with Gasteiger partial charge in [0.15, 0.2) is 5.13 Å². The molecule has 0 amide bonds. The van der Waals surface area contributed by atoms with Gasteiger partial charge >= 0.3 is 0 Å². The van der Waals surface area contributed by atoms with E-state index in [1.165, 1.54) is 54.3 Å². The summed E-state index contributed by atoms with van der Waals surface area (Å²) >= 11 is 1.88. The van der Waals surface area contributed by atoms with Crippen molar-refractivity contribution in [1.29, 1.82) is 0 Å². The predicted octanol–water partition coefficient (Wildman–Crippen LogP) is 3.30. The highest BCUT2D eigenvalue weighted by Gasteiger charge is 2.29. The Morgan fingerprint density at radius 3 is 2.64 bits per heavy atom. The molecule has 22 heavy (non-hydrogen) atoms. The SMILES string of the molecule is c1cc(CN(Cc2cnc(N3CCCC3)s2)C2CC2)ccn1. The van der Waals surface area contributed by atoms with Crippen molar-refractivity contribution in [3.05, 3.63) is 41.2 Å². The number of aromatic nitrogens is 2. The van der Waals surface area contributed by atoms with E-state index in [0.717, 1.165) is 19.1 Å². The molecule has 0 radical (unpaired) electrons. The van der Waals surface area contributed by atoms with Crippen LogP contribution in [0.1, 0.15) is 36.1 Å². The van der Waals surface area contributed by atoms with Gasteiger partial charge in [0.1, 0.15) is 0 Å². The van der Waals surface area contributed by atoms with Crippen molar-refractivity contribution in [2.75, 3.05) is 18.0 Å². The normalized spacial score (nSPS) is 18.3. The molecular weight excluding hydrogens is 292 g/mol. The second-order valence-corrected chi connectivity index (χ2v) is 7.39. The smallest absolute Gasteiger partial charge is 0.185 e. The first kappa shape index (κ1) is 14.2. The van der Waals surface area contributed by atoms with Crippen LogP contribution in [0.3, 0.4) is 0 Å². The molecule has 5 heteroatoms. The van der Waals surface area contributed by atoms with Crippen LogP contribution >= 0.6 is 11.3 Å². The molecule has 4 nitrogen and oxygen atoms in total. The summed E-state index contributed by atoms with van der Waals surface area (Å²) in [5.41, 5.74) is 1.35. The molecule has 0 aromatic carbocycles. The fourth-order valence-electron chi connectivity index (χ4n) is 3.10. The van der Waals surface area contributed by atoms with Crippen LogP contribution in [0, 0.1) is 0 Å². The van der Waals surface area contributed by atoms with Crippen LogP contribution in [0.25, 0.3) is 0 Å². The lowest BCUT2D eigenvalue weighted by Crippen LogP contribution is -2.24. The summed E-state index contributed by atoms with van der Waals surface area (Å²) in [4.78, 5) is 15.2. The van der Waals surface area contributed by atoms with Gasteiger partial charge in [-0.15, -0.1) is 11.3 Å². The van der Waals surface area contributed by atoms with Gasteiger partial charge in [-0.25, -0.2) is 4.98 Å². The van der Waals surface area contributed by atoms with Crippen molar-refractivity contribution < 1.29 is 0 Å². The minimum absolute atomic E-state index is 0.755. The Morgan fingerprint density at radius 2 is 1.91 bits per heavy atom. The standard InChI is InChI=1S/C17H22N4S/c1-2-10-20(9-1)17-19-11-16(22-17)13-21(15-3-4-15)12-14-5-7-18-8-6-14/h5-8,11,15H,1-4,9-10,12-13H2. The number of anilines is 1. The van der Waals surface area contributed by atoms with Crippen molar-refractivity contribution >= 4 is 16.5 Å². The molecule has 1 aliphatic heterocycles. The fraction of sp³-hybridized carbons (Fsp3) is 0.529. The molecule has 1 aliphatic carbocycles. The minimum atomic E-state index is 0.755. The van der Waals surface area contributed by atoms with Crippen molar-refractivity contribution in [2.45, 2.75) is 44.8 Å². The van der Waals surface area contributed by atoms with Gasteiger partial charge in [-0.1, -0.05) is 0 Å². The molecule has 2 aromatic rings. The van der Waals surface area contributed by atoms with Gasteiger partial charge in [0.05, 0.1) is 0 Å². The van der Waals surface area contributed by atoms with E-state index in [1.807, 2.05) is 23.7 Å². The molecule has 2 aromatic heterocycles. The number of thiazole rings is 1. The Kier molecular flexibility index (Phi) is 4.08. The van der Waals surface area contributed by atoms with E-state index in [9.17, 15) is 0 Å². The third kappa shape index (κ3) is 3.31. The largest absolute Gasteiger partial charge is 0.348 e. The summed E-state index contributed by atoms with van der Waals surface area (Å²) in [6.45, 7) is 4.40. The highest BCUT2D eigenvalue weighted by atomic mass is 32.1. The Balaban J connectivity index is 1.43. The molecule has 3 heterocycles. The highest BCUT2D eigenvalue weighted by Crippen LogP contribution is 2.32. The van der Waals surface area contributed by atoms with Gasteiger partial charge in [-0.2, -0.15) is 0 Å². The van der Waals surface area contributed by atoms with E-state index in [2.05, 4.69) is 38.1 Å². The van der Waals surface area contributed by atoms with E-state index in [-0.39, 0.29) is 0 Å². The van der Waals surface area contributed by atoms with Crippen molar-refractivity contribution in [3.8, 4) is 0 Å². The molecule has 0 unspecified atom stereocenters. The number of nitrogens with zero attached hydrogens (tertiary/aromatic N) is 4. The maximum atomic E-state index is 4.65. The zero-order valence-corrected chi connectivity index (χ0v) is 13.6. The van der Waals surface area contributed by atoms with Gasteiger partial charge in [0, 0.05) is 55.7 Å². The minimum Gasteiger partial charge on any atom is -0.348 e. The zero-order chi connectivity index (χ0) is 14.8. The van der Waals surface area contributed by atoms with Crippen LogP contribution in [-0.4, -0.2) is 34.0 Å². The number of pyridine rings is 1. The molecule has 116 valence electrons. The number of rotatable bonds is 6. The first-order valence-corrected chi connectivity index (χ1v) is 9.03. The summed E-state index contributed by atoms with van der Waals surface area (Å²) in [5, 5.41) is 1.21. The zero-order valence-electron chi connectivity index (χ0n) is 12.8. The van der Waals surface area contributed by atoms with E-state index < -0.39 is 0 Å². The molecule has 2 aliphatic rings. The molecule has 1 saturated carbocycles. The summed E-state index contributed by atoms with van der Waals surface area (Å²) < 4.78 is 0. The van der Waals surface area contributed by atoms with Crippen LogP contribution in [0.4, 0.5) is 5.13 Å². The van der Waals surface area contributed by atoms with Gasteiger partial charge in [-0.05, 0) is 43.4 Å². The van der Waals surface area contributed by atoms with Gasteiger partial charge < -0.3 is 4.90 Å². The Labute approximate surface area is 135 Å². The highest BCUT2D eigenvalue weighted by molar-refractivity contribution is 7.15. The quantitative estimate of drug-likeness (QED) is 0.819. The summed E-state index contributed by atoms with van der Waals surface area (Å²) in [7, 11) is 0. The van der Waals surface area contributed by atoms with Crippen molar-refractivity contribution in [3.63, 3.8) is 0 Å². The number of hydrogen-bond acceptors (Lipinski definition) is 5. The molecule has 0 atom stereocenters. The summed E-state index contributed by atoms with van der Waals surface area (Å²) in [5.74, 6) is 0. The third-order valence-corrected chi connectivity index (χ3v) is 5.52. The predicted molar refractivity (Wildman–Crippen MR) is 90.1 cm³/mol. The van der Waals surface area contributed by atoms with Crippen LogP contribution in [0.2, 0.25) is 0 Å². The summed E-state index contributed by atoms with van der Waals surface area (Å²) in [6, 6.07) is 5.00. The first-order valence-electron chi connectivity index (χ1n) is 8.21. The maximum absolute atomic E-state index is 4.65. The average Bonchev–Trinajstić information content (AvgIpc) is 3.06. The number of hydrogen-bond donors (Lipinski definition) is 0. The Hall–Kier alpha value is -1.46. The molecular formula is C17H22N4S. The lowest BCUT2D eigenvalue weighted by Gasteiger charge is -2.21. The fourth-order valence-corrected chi connectivity index (χ4v) is 4.09. The van der Waals surface area contributed by atoms with Gasteiger partial charge in [-0.3, -0.25) is 9.88 Å². The topological polar surface area (TPSA) is 32.3 Å². The van der Waals surface area contributed by atoms with Crippen LogP contribution in [-0.2, 0) is 13.1 Å². The van der Waals surface area contributed by atoms with Crippen LogP contribution in [0.5, 0.6) is 0 Å². The van der Waals surface area contributed by atoms with Crippen molar-refractivity contribution in [2.24, 2.45) is 0 Å². The lowest BCUT2D eigenvalue weighted by molar-refractivity contribution is 0.248. The van der Waals surface area contributed by atoms with Crippen molar-refractivity contribution in [1.82, 2.24) is 14.9 Å². The van der Waals surface area contributed by atoms with Gasteiger partial charge in [0.2, 0.25) is 0 Å². The molecule has 4 rings (SSSR count). The van der Waals surface area contributed by atoms with Crippen LogP contribution in [0.15, 0.2) is 30.7 Å². The Morgan fingerprint density at radius 1 is 1.14 bits per heavy atom. The molecule has 1 saturated heterocycles. The maximum Gasteiger partial charge on any atom is 0.185 e. The first-order chi connectivity index (χ1) is 10.9. The molecule has 2 fully saturated rings. The molecule has 0 N–H and O–H groups in total. The second-order valence-electron chi connectivity index (χ2n) is 6.29. The lowest BCUT2D eigenvalue weighted by atomic mass is 10.2. The van der Waals surface area contributed by atoms with E-state index >= 15 is 0 Å². The monoisotopic (exact) mass is 314 g/mol. The summed E-state index contributed by atoms with van der Waals surface area (Å²) in [6.07, 6.45) is 11.2. The second kappa shape index (κ2) is 6.34. The van der Waals surface area contributed by atoms with Gasteiger partial charge in [0.25, 0.3) is 0 Å². The van der Waals surface area contributed by atoms with E-state index in [0.29, 0.717) is 0 Å². The van der Waals surface area contributed by atoms with E-state index in [4.69, 9.17) is 0 Å². The third-order valence-electron chi connectivity index (χ3n) is 4.48. The molecule has 0 bridgehead atoms. The Bertz CT molecular complexity index is 602. The van der Waals surface area contributed by atoms with Crippen LogP contribution < -0.4 is 4.90 Å². The average molecular weight is 314 g/mol.